The monoisotopic (exact) mass is 296 g/mol. The fraction of sp³-hybridized carbons (Fsp3) is 0.462. The van der Waals surface area contributed by atoms with Crippen LogP contribution >= 0.6 is 11.3 Å². The SMILES string of the molecule is NC(=O)C[C@H](NC(=O)C1CCCc2sccc21)C(=O)O. The van der Waals surface area contributed by atoms with Crippen LogP contribution in [0.4, 0.5) is 0 Å². The first-order valence-corrected chi connectivity index (χ1v) is 7.24. The molecule has 0 spiro atoms. The van der Waals surface area contributed by atoms with Crippen molar-refractivity contribution < 1.29 is 19.5 Å². The molecule has 2 rings (SSSR count). The van der Waals surface area contributed by atoms with E-state index in [4.69, 9.17) is 10.8 Å². The van der Waals surface area contributed by atoms with Gasteiger partial charge < -0.3 is 16.2 Å². The van der Waals surface area contributed by atoms with Gasteiger partial charge in [-0.2, -0.15) is 0 Å². The number of thiophene rings is 1. The molecule has 0 radical (unpaired) electrons. The minimum Gasteiger partial charge on any atom is -0.480 e. The Bertz CT molecular complexity index is 540. The van der Waals surface area contributed by atoms with E-state index in [2.05, 4.69) is 5.32 Å². The fourth-order valence-corrected chi connectivity index (χ4v) is 3.42. The van der Waals surface area contributed by atoms with Gasteiger partial charge in [-0.1, -0.05) is 0 Å². The number of amides is 2. The third-order valence-corrected chi connectivity index (χ3v) is 4.38. The predicted molar refractivity (Wildman–Crippen MR) is 73.4 cm³/mol. The Morgan fingerprint density at radius 1 is 1.50 bits per heavy atom. The molecule has 7 heteroatoms. The highest BCUT2D eigenvalue weighted by Crippen LogP contribution is 2.35. The molecule has 20 heavy (non-hydrogen) atoms. The molecule has 1 aliphatic carbocycles. The molecular weight excluding hydrogens is 280 g/mol. The molecule has 1 aromatic heterocycles. The van der Waals surface area contributed by atoms with Crippen molar-refractivity contribution in [2.75, 3.05) is 0 Å². The van der Waals surface area contributed by atoms with Gasteiger partial charge in [0.1, 0.15) is 6.04 Å². The van der Waals surface area contributed by atoms with Gasteiger partial charge in [-0.15, -0.1) is 11.3 Å². The molecule has 2 atom stereocenters. The number of primary amides is 1. The topological polar surface area (TPSA) is 109 Å². The molecule has 0 aliphatic heterocycles. The van der Waals surface area contributed by atoms with Crippen LogP contribution in [0.3, 0.4) is 0 Å². The summed E-state index contributed by atoms with van der Waals surface area (Å²) in [4.78, 5) is 35.3. The van der Waals surface area contributed by atoms with E-state index in [-0.39, 0.29) is 11.8 Å². The molecule has 0 saturated heterocycles. The molecule has 4 N–H and O–H groups in total. The molecule has 1 aliphatic rings. The number of fused-ring (bicyclic) bond motifs is 1. The number of carboxylic acid groups (broad SMARTS) is 1. The largest absolute Gasteiger partial charge is 0.480 e. The van der Waals surface area contributed by atoms with E-state index in [1.165, 1.54) is 4.88 Å². The van der Waals surface area contributed by atoms with E-state index >= 15 is 0 Å². The number of aliphatic carboxylic acids is 1. The number of carbonyl (C=O) groups excluding carboxylic acids is 2. The summed E-state index contributed by atoms with van der Waals surface area (Å²) in [6, 6.07) is 0.650. The van der Waals surface area contributed by atoms with Crippen molar-refractivity contribution in [1.29, 1.82) is 0 Å². The van der Waals surface area contributed by atoms with Gasteiger partial charge in [0.2, 0.25) is 11.8 Å². The first-order chi connectivity index (χ1) is 9.49. The maximum Gasteiger partial charge on any atom is 0.326 e. The first kappa shape index (κ1) is 14.5. The van der Waals surface area contributed by atoms with Crippen LogP contribution in [0.25, 0.3) is 0 Å². The van der Waals surface area contributed by atoms with Crippen LogP contribution < -0.4 is 11.1 Å². The van der Waals surface area contributed by atoms with Crippen molar-refractivity contribution in [3.8, 4) is 0 Å². The quantitative estimate of drug-likeness (QED) is 0.739. The number of hydrogen-bond acceptors (Lipinski definition) is 4. The van der Waals surface area contributed by atoms with E-state index in [9.17, 15) is 14.4 Å². The minimum absolute atomic E-state index is 0.334. The minimum atomic E-state index is -1.26. The van der Waals surface area contributed by atoms with Crippen molar-refractivity contribution >= 4 is 29.1 Å². The summed E-state index contributed by atoms with van der Waals surface area (Å²) >= 11 is 1.61. The Kier molecular flexibility index (Phi) is 4.39. The maximum atomic E-state index is 12.2. The van der Waals surface area contributed by atoms with E-state index in [1.807, 2.05) is 11.4 Å². The normalized spacial score (nSPS) is 18.9. The number of nitrogens with two attached hydrogens (primary N) is 1. The van der Waals surface area contributed by atoms with Crippen LogP contribution in [0.5, 0.6) is 0 Å². The number of carboxylic acids is 1. The van der Waals surface area contributed by atoms with E-state index in [0.29, 0.717) is 6.42 Å². The summed E-state index contributed by atoms with van der Waals surface area (Å²) in [7, 11) is 0. The Morgan fingerprint density at radius 3 is 2.90 bits per heavy atom. The Morgan fingerprint density at radius 2 is 2.25 bits per heavy atom. The van der Waals surface area contributed by atoms with Gasteiger partial charge in [-0.25, -0.2) is 4.79 Å². The molecule has 0 saturated carbocycles. The van der Waals surface area contributed by atoms with Crippen LogP contribution in [0.1, 0.15) is 35.6 Å². The molecule has 0 fully saturated rings. The average Bonchev–Trinajstić information content (AvgIpc) is 2.84. The van der Waals surface area contributed by atoms with Crippen molar-refractivity contribution in [3.05, 3.63) is 21.9 Å². The van der Waals surface area contributed by atoms with Gasteiger partial charge in [-0.05, 0) is 36.3 Å². The zero-order valence-electron chi connectivity index (χ0n) is 10.8. The molecule has 0 aromatic carbocycles. The van der Waals surface area contributed by atoms with Crippen LogP contribution in [0, 0.1) is 0 Å². The lowest BCUT2D eigenvalue weighted by Gasteiger charge is -2.23. The second-order valence-electron chi connectivity index (χ2n) is 4.81. The summed E-state index contributed by atoms with van der Waals surface area (Å²) in [5, 5.41) is 13.4. The second kappa shape index (κ2) is 6.04. The standard InChI is InChI=1S/C13H16N2O4S/c14-11(16)6-9(13(18)19)15-12(17)8-2-1-3-10-7(8)4-5-20-10/h4-5,8-9H,1-3,6H2,(H2,14,16)(H,15,17)(H,18,19)/t8?,9-/m0/s1. The highest BCUT2D eigenvalue weighted by atomic mass is 32.1. The van der Waals surface area contributed by atoms with Gasteiger partial charge in [-0.3, -0.25) is 9.59 Å². The number of hydrogen-bond donors (Lipinski definition) is 3. The summed E-state index contributed by atoms with van der Waals surface area (Å²) in [6.45, 7) is 0. The van der Waals surface area contributed by atoms with Crippen molar-refractivity contribution in [2.45, 2.75) is 37.6 Å². The summed E-state index contributed by atoms with van der Waals surface area (Å²) in [5.74, 6) is -2.69. The van der Waals surface area contributed by atoms with Crippen LogP contribution in [-0.2, 0) is 20.8 Å². The number of nitrogens with one attached hydrogen (secondary N) is 1. The first-order valence-electron chi connectivity index (χ1n) is 6.36. The lowest BCUT2D eigenvalue weighted by Crippen LogP contribution is -2.45. The van der Waals surface area contributed by atoms with Crippen LogP contribution in [0.15, 0.2) is 11.4 Å². The third kappa shape index (κ3) is 3.16. The third-order valence-electron chi connectivity index (χ3n) is 3.39. The van der Waals surface area contributed by atoms with E-state index < -0.39 is 24.3 Å². The number of aryl methyl sites for hydroxylation is 1. The van der Waals surface area contributed by atoms with Gasteiger partial charge in [0, 0.05) is 4.88 Å². The molecular formula is C13H16N2O4S. The zero-order valence-corrected chi connectivity index (χ0v) is 11.6. The average molecular weight is 296 g/mol. The second-order valence-corrected chi connectivity index (χ2v) is 5.81. The molecule has 6 nitrogen and oxygen atoms in total. The Labute approximate surface area is 120 Å². The van der Waals surface area contributed by atoms with Crippen molar-refractivity contribution in [3.63, 3.8) is 0 Å². The van der Waals surface area contributed by atoms with Gasteiger partial charge in [0.15, 0.2) is 0 Å². The van der Waals surface area contributed by atoms with Crippen LogP contribution in [0.2, 0.25) is 0 Å². The lowest BCUT2D eigenvalue weighted by atomic mass is 9.87. The lowest BCUT2D eigenvalue weighted by molar-refractivity contribution is -0.143. The Balaban J connectivity index is 2.09. The fourth-order valence-electron chi connectivity index (χ4n) is 2.43. The zero-order chi connectivity index (χ0) is 14.7. The van der Waals surface area contributed by atoms with E-state index in [0.717, 1.165) is 18.4 Å². The highest BCUT2D eigenvalue weighted by Gasteiger charge is 2.30. The van der Waals surface area contributed by atoms with Gasteiger partial charge in [0.25, 0.3) is 0 Å². The summed E-state index contributed by atoms with van der Waals surface area (Å²) in [6.07, 6.45) is 2.16. The molecule has 2 amide bonds. The smallest absolute Gasteiger partial charge is 0.326 e. The number of carbonyl (C=O) groups is 3. The predicted octanol–water partition coefficient (Wildman–Crippen LogP) is 0.613. The summed E-state index contributed by atoms with van der Waals surface area (Å²) < 4.78 is 0. The maximum absolute atomic E-state index is 12.2. The van der Waals surface area contributed by atoms with Gasteiger partial charge in [0.05, 0.1) is 12.3 Å². The summed E-state index contributed by atoms with van der Waals surface area (Å²) in [5.41, 5.74) is 5.97. The molecule has 1 unspecified atom stereocenters. The highest BCUT2D eigenvalue weighted by molar-refractivity contribution is 7.10. The van der Waals surface area contributed by atoms with Crippen molar-refractivity contribution in [2.24, 2.45) is 5.73 Å². The molecule has 108 valence electrons. The molecule has 0 bridgehead atoms. The van der Waals surface area contributed by atoms with Crippen LogP contribution in [-0.4, -0.2) is 28.9 Å². The van der Waals surface area contributed by atoms with Crippen molar-refractivity contribution in [1.82, 2.24) is 5.32 Å². The number of rotatable bonds is 5. The molecule has 1 aromatic rings. The van der Waals surface area contributed by atoms with E-state index in [1.54, 1.807) is 11.3 Å². The Hall–Kier alpha value is -1.89. The molecule has 1 heterocycles. The van der Waals surface area contributed by atoms with Gasteiger partial charge >= 0.3 is 5.97 Å².